The standard InChI is InChI=1S/C11H13F3N2O3/c12-11(13,14)5-4-8-15-9(19-16-8)6-2-1-3-7(6)10(17)18/h6-7H,1-5H2,(H,17,18). The maximum atomic E-state index is 12.1. The van der Waals surface area contributed by atoms with Crippen molar-refractivity contribution in [1.29, 1.82) is 0 Å². The lowest BCUT2D eigenvalue weighted by Gasteiger charge is -2.10. The van der Waals surface area contributed by atoms with Crippen LogP contribution in [-0.2, 0) is 11.2 Å². The first-order valence-corrected chi connectivity index (χ1v) is 5.99. The summed E-state index contributed by atoms with van der Waals surface area (Å²) in [7, 11) is 0. The number of aromatic nitrogens is 2. The number of halogens is 3. The van der Waals surface area contributed by atoms with Crippen LogP contribution in [0.5, 0.6) is 0 Å². The Morgan fingerprint density at radius 2 is 2.16 bits per heavy atom. The van der Waals surface area contributed by atoms with Crippen LogP contribution in [0.3, 0.4) is 0 Å². The first kappa shape index (κ1) is 13.8. The van der Waals surface area contributed by atoms with Gasteiger partial charge in [0.25, 0.3) is 0 Å². The Balaban J connectivity index is 2.02. The molecule has 0 aromatic carbocycles. The van der Waals surface area contributed by atoms with Crippen molar-refractivity contribution in [2.45, 2.75) is 44.2 Å². The Morgan fingerprint density at radius 1 is 1.42 bits per heavy atom. The van der Waals surface area contributed by atoms with Gasteiger partial charge in [-0.2, -0.15) is 18.2 Å². The van der Waals surface area contributed by atoms with Crippen molar-refractivity contribution in [3.8, 4) is 0 Å². The lowest BCUT2D eigenvalue weighted by atomic mass is 9.96. The zero-order chi connectivity index (χ0) is 14.0. The molecule has 2 atom stereocenters. The summed E-state index contributed by atoms with van der Waals surface area (Å²) in [5, 5.41) is 12.5. The Kier molecular flexibility index (Phi) is 3.77. The molecule has 2 unspecified atom stereocenters. The fraction of sp³-hybridized carbons (Fsp3) is 0.727. The van der Waals surface area contributed by atoms with Gasteiger partial charge in [0.05, 0.1) is 18.3 Å². The summed E-state index contributed by atoms with van der Waals surface area (Å²) >= 11 is 0. The maximum Gasteiger partial charge on any atom is 0.389 e. The van der Waals surface area contributed by atoms with E-state index in [-0.39, 0.29) is 24.1 Å². The molecule has 0 bridgehead atoms. The number of rotatable bonds is 4. The molecule has 106 valence electrons. The maximum absolute atomic E-state index is 12.1. The summed E-state index contributed by atoms with van der Waals surface area (Å²) in [4.78, 5) is 14.9. The van der Waals surface area contributed by atoms with Crippen LogP contribution in [0.2, 0.25) is 0 Å². The van der Waals surface area contributed by atoms with E-state index in [0.717, 1.165) is 6.42 Å². The van der Waals surface area contributed by atoms with Crippen molar-refractivity contribution in [2.75, 3.05) is 0 Å². The molecule has 19 heavy (non-hydrogen) atoms. The number of carboxylic acid groups (broad SMARTS) is 1. The molecule has 1 fully saturated rings. The van der Waals surface area contributed by atoms with Gasteiger partial charge in [-0.05, 0) is 12.8 Å². The van der Waals surface area contributed by atoms with Crippen LogP contribution < -0.4 is 0 Å². The number of carbonyl (C=O) groups is 1. The first-order chi connectivity index (χ1) is 8.87. The highest BCUT2D eigenvalue weighted by Gasteiger charge is 2.37. The van der Waals surface area contributed by atoms with Gasteiger partial charge in [-0.3, -0.25) is 4.79 Å². The monoisotopic (exact) mass is 278 g/mol. The summed E-state index contributed by atoms with van der Waals surface area (Å²) in [6.45, 7) is 0. The van der Waals surface area contributed by atoms with Crippen LogP contribution >= 0.6 is 0 Å². The van der Waals surface area contributed by atoms with Crippen molar-refractivity contribution < 1.29 is 27.6 Å². The van der Waals surface area contributed by atoms with Gasteiger partial charge in [-0.15, -0.1) is 0 Å². The SMILES string of the molecule is O=C(O)C1CCCC1c1nc(CCC(F)(F)F)no1. The molecular weight excluding hydrogens is 265 g/mol. The molecule has 1 aromatic heterocycles. The van der Waals surface area contributed by atoms with Gasteiger partial charge in [0, 0.05) is 6.42 Å². The number of nitrogens with zero attached hydrogens (tertiary/aromatic N) is 2. The quantitative estimate of drug-likeness (QED) is 0.915. The molecule has 1 aromatic rings. The molecule has 1 aliphatic carbocycles. The minimum Gasteiger partial charge on any atom is -0.481 e. The zero-order valence-electron chi connectivity index (χ0n) is 9.98. The summed E-state index contributed by atoms with van der Waals surface area (Å²) in [5.41, 5.74) is 0. The molecule has 0 radical (unpaired) electrons. The van der Waals surface area contributed by atoms with E-state index in [1.54, 1.807) is 0 Å². The summed E-state index contributed by atoms with van der Waals surface area (Å²) < 4.78 is 41.1. The van der Waals surface area contributed by atoms with Gasteiger partial charge in [-0.25, -0.2) is 0 Å². The molecule has 0 aliphatic heterocycles. The van der Waals surface area contributed by atoms with Crippen molar-refractivity contribution in [2.24, 2.45) is 5.92 Å². The van der Waals surface area contributed by atoms with Gasteiger partial charge in [0.1, 0.15) is 0 Å². The van der Waals surface area contributed by atoms with Crippen LogP contribution in [-0.4, -0.2) is 27.4 Å². The first-order valence-electron chi connectivity index (χ1n) is 5.99. The molecule has 1 saturated carbocycles. The van der Waals surface area contributed by atoms with E-state index in [2.05, 4.69) is 10.1 Å². The smallest absolute Gasteiger partial charge is 0.389 e. The molecular formula is C11H13F3N2O3. The van der Waals surface area contributed by atoms with Gasteiger partial charge in [0.2, 0.25) is 5.89 Å². The van der Waals surface area contributed by atoms with E-state index in [9.17, 15) is 18.0 Å². The third-order valence-corrected chi connectivity index (χ3v) is 3.27. The average molecular weight is 278 g/mol. The Hall–Kier alpha value is -1.60. The third-order valence-electron chi connectivity index (χ3n) is 3.27. The van der Waals surface area contributed by atoms with Gasteiger partial charge in [0.15, 0.2) is 5.82 Å². The van der Waals surface area contributed by atoms with Crippen molar-refractivity contribution in [3.05, 3.63) is 11.7 Å². The van der Waals surface area contributed by atoms with E-state index in [1.165, 1.54) is 0 Å². The van der Waals surface area contributed by atoms with Gasteiger partial charge in [-0.1, -0.05) is 11.6 Å². The fourth-order valence-electron chi connectivity index (χ4n) is 2.32. The van der Waals surface area contributed by atoms with Crippen LogP contribution in [0.1, 0.15) is 43.3 Å². The van der Waals surface area contributed by atoms with Gasteiger partial charge >= 0.3 is 12.1 Å². The van der Waals surface area contributed by atoms with E-state index in [4.69, 9.17) is 9.63 Å². The Morgan fingerprint density at radius 3 is 2.79 bits per heavy atom. The minimum absolute atomic E-state index is 0.0247. The molecule has 5 nitrogen and oxygen atoms in total. The van der Waals surface area contributed by atoms with Crippen LogP contribution in [0, 0.1) is 5.92 Å². The number of carboxylic acids is 1. The molecule has 2 rings (SSSR count). The lowest BCUT2D eigenvalue weighted by molar-refractivity contribution is -0.142. The zero-order valence-corrected chi connectivity index (χ0v) is 9.98. The third kappa shape index (κ3) is 3.45. The molecule has 8 heteroatoms. The highest BCUT2D eigenvalue weighted by atomic mass is 19.4. The highest BCUT2D eigenvalue weighted by Crippen LogP contribution is 2.39. The molecule has 0 spiro atoms. The van der Waals surface area contributed by atoms with Crippen LogP contribution in [0.25, 0.3) is 0 Å². The lowest BCUT2D eigenvalue weighted by Crippen LogP contribution is -2.17. The summed E-state index contributed by atoms with van der Waals surface area (Å²) in [6.07, 6.45) is -3.76. The van der Waals surface area contributed by atoms with E-state index < -0.39 is 24.5 Å². The predicted molar refractivity (Wildman–Crippen MR) is 56.4 cm³/mol. The molecule has 1 heterocycles. The van der Waals surface area contributed by atoms with E-state index >= 15 is 0 Å². The Bertz CT molecular complexity index is 458. The number of aliphatic carboxylic acids is 1. The van der Waals surface area contributed by atoms with Crippen LogP contribution in [0.15, 0.2) is 4.52 Å². The molecule has 0 saturated heterocycles. The second kappa shape index (κ2) is 5.18. The number of aryl methyl sites for hydroxylation is 1. The molecule has 1 N–H and O–H groups in total. The Labute approximate surface area is 106 Å². The van der Waals surface area contributed by atoms with Crippen molar-refractivity contribution in [3.63, 3.8) is 0 Å². The minimum atomic E-state index is -4.27. The van der Waals surface area contributed by atoms with Crippen molar-refractivity contribution in [1.82, 2.24) is 10.1 Å². The van der Waals surface area contributed by atoms with E-state index in [0.29, 0.717) is 12.8 Å². The number of hydrogen-bond acceptors (Lipinski definition) is 4. The van der Waals surface area contributed by atoms with Crippen molar-refractivity contribution >= 4 is 5.97 Å². The predicted octanol–water partition coefficient (Wildman–Crippen LogP) is 2.53. The van der Waals surface area contributed by atoms with E-state index in [1.807, 2.05) is 0 Å². The molecule has 0 amide bonds. The fourth-order valence-corrected chi connectivity index (χ4v) is 2.32. The summed E-state index contributed by atoms with van der Waals surface area (Å²) in [5.74, 6) is -1.79. The van der Waals surface area contributed by atoms with Gasteiger partial charge < -0.3 is 9.63 Å². The largest absolute Gasteiger partial charge is 0.481 e. The molecule has 1 aliphatic rings. The van der Waals surface area contributed by atoms with Crippen LogP contribution in [0.4, 0.5) is 13.2 Å². The second-order valence-electron chi connectivity index (χ2n) is 4.65. The number of alkyl halides is 3. The average Bonchev–Trinajstić information content (AvgIpc) is 2.94. The second-order valence-corrected chi connectivity index (χ2v) is 4.65. The highest BCUT2D eigenvalue weighted by molar-refractivity contribution is 5.71. The number of hydrogen-bond donors (Lipinski definition) is 1. The summed E-state index contributed by atoms with van der Waals surface area (Å²) in [6, 6.07) is 0. The normalized spacial score (nSPS) is 23.7. The topological polar surface area (TPSA) is 76.2 Å².